The molecule has 0 aliphatic carbocycles. The molecule has 1 heterocycles. The number of hydrogen-bond acceptors (Lipinski definition) is 5. The molecule has 2 rings (SSSR count). The molecule has 0 amide bonds. The van der Waals surface area contributed by atoms with Gasteiger partial charge in [0.15, 0.2) is 0 Å². The molecule has 0 saturated carbocycles. The summed E-state index contributed by atoms with van der Waals surface area (Å²) in [6.45, 7) is 5.44. The van der Waals surface area contributed by atoms with Crippen molar-refractivity contribution in [1.82, 2.24) is 10.1 Å². The quantitative estimate of drug-likeness (QED) is 0.618. The van der Waals surface area contributed by atoms with Crippen LogP contribution in [-0.4, -0.2) is 23.5 Å². The maximum Gasteiger partial charge on any atom is 0.262 e. The Morgan fingerprint density at radius 2 is 2.29 bits per heavy atom. The molecule has 0 radical (unpaired) electrons. The first-order valence-electron chi connectivity index (χ1n) is 6.19. The molecule has 0 bridgehead atoms. The van der Waals surface area contributed by atoms with E-state index < -0.39 is 0 Å². The van der Waals surface area contributed by atoms with Crippen molar-refractivity contribution in [3.8, 4) is 17.2 Å². The fourth-order valence-electron chi connectivity index (χ4n) is 1.71. The standard InChI is InChI=1S/C15H14ClN3O2/c1-4-6-12(17-5-2)14-18-15(21-19-14)11-9-10(16)7-8-13(11)20-3/h4-9H,1H2,2-3H3/b12-6-,17-5?. The molecule has 0 aliphatic heterocycles. The van der Waals surface area contributed by atoms with E-state index >= 15 is 0 Å². The molecule has 5 nitrogen and oxygen atoms in total. The van der Waals surface area contributed by atoms with Gasteiger partial charge in [0.05, 0.1) is 12.7 Å². The number of hydrogen-bond donors (Lipinski definition) is 0. The molecule has 0 fully saturated rings. The van der Waals surface area contributed by atoms with Gasteiger partial charge in [0.2, 0.25) is 5.82 Å². The maximum absolute atomic E-state index is 6.00. The number of nitrogens with zero attached hydrogens (tertiary/aromatic N) is 3. The predicted octanol–water partition coefficient (Wildman–Crippen LogP) is 4.02. The van der Waals surface area contributed by atoms with Crippen LogP contribution in [0.2, 0.25) is 5.02 Å². The van der Waals surface area contributed by atoms with Crippen LogP contribution < -0.4 is 4.74 Å². The van der Waals surface area contributed by atoms with E-state index in [0.29, 0.717) is 33.7 Å². The zero-order chi connectivity index (χ0) is 15.2. The zero-order valence-electron chi connectivity index (χ0n) is 11.7. The van der Waals surface area contributed by atoms with Gasteiger partial charge in [-0.1, -0.05) is 29.4 Å². The molecular formula is C15H14ClN3O2. The molecule has 6 heteroatoms. The van der Waals surface area contributed by atoms with Crippen molar-refractivity contribution in [2.24, 2.45) is 4.99 Å². The molecule has 0 unspecified atom stereocenters. The van der Waals surface area contributed by atoms with E-state index in [9.17, 15) is 0 Å². The molecule has 21 heavy (non-hydrogen) atoms. The Hall–Kier alpha value is -2.40. The molecule has 0 aliphatic rings. The number of methoxy groups -OCH3 is 1. The van der Waals surface area contributed by atoms with Crippen LogP contribution in [0.25, 0.3) is 17.2 Å². The number of allylic oxidation sites excluding steroid dienone is 2. The minimum atomic E-state index is 0.311. The van der Waals surface area contributed by atoms with E-state index in [1.807, 2.05) is 0 Å². The van der Waals surface area contributed by atoms with Crippen molar-refractivity contribution in [2.75, 3.05) is 7.11 Å². The molecule has 1 aromatic carbocycles. The number of ether oxygens (including phenoxy) is 1. The second-order valence-corrected chi connectivity index (χ2v) is 4.38. The fourth-order valence-corrected chi connectivity index (χ4v) is 1.88. The summed E-state index contributed by atoms with van der Waals surface area (Å²) in [6, 6.07) is 5.18. The van der Waals surface area contributed by atoms with Gasteiger partial charge in [-0.3, -0.25) is 4.99 Å². The van der Waals surface area contributed by atoms with Gasteiger partial charge in [0.1, 0.15) is 11.4 Å². The lowest BCUT2D eigenvalue weighted by Crippen LogP contribution is -1.89. The van der Waals surface area contributed by atoms with E-state index in [0.717, 1.165) is 0 Å². The Bertz CT molecular complexity index is 705. The molecule has 0 spiro atoms. The topological polar surface area (TPSA) is 60.5 Å². The van der Waals surface area contributed by atoms with Gasteiger partial charge >= 0.3 is 0 Å². The Labute approximate surface area is 127 Å². The third-order valence-corrected chi connectivity index (χ3v) is 2.83. The van der Waals surface area contributed by atoms with Crippen LogP contribution in [0, 0.1) is 0 Å². The fraction of sp³-hybridized carbons (Fsp3) is 0.133. The number of halogens is 1. The van der Waals surface area contributed by atoms with Gasteiger partial charge in [0, 0.05) is 11.2 Å². The molecule has 0 atom stereocenters. The summed E-state index contributed by atoms with van der Waals surface area (Å²) in [5.41, 5.74) is 1.19. The molecule has 1 aromatic heterocycles. The summed E-state index contributed by atoms with van der Waals surface area (Å²) in [7, 11) is 1.56. The van der Waals surface area contributed by atoms with Crippen LogP contribution in [-0.2, 0) is 0 Å². The largest absolute Gasteiger partial charge is 0.496 e. The van der Waals surface area contributed by atoms with E-state index in [1.54, 1.807) is 50.6 Å². The average molecular weight is 304 g/mol. The second-order valence-electron chi connectivity index (χ2n) is 3.94. The van der Waals surface area contributed by atoms with Crippen LogP contribution in [0.4, 0.5) is 0 Å². The maximum atomic E-state index is 6.00. The highest BCUT2D eigenvalue weighted by Gasteiger charge is 2.16. The lowest BCUT2D eigenvalue weighted by molar-refractivity contribution is 0.404. The minimum Gasteiger partial charge on any atom is -0.496 e. The Kier molecular flexibility index (Phi) is 4.90. The lowest BCUT2D eigenvalue weighted by Gasteiger charge is -2.04. The van der Waals surface area contributed by atoms with E-state index in [2.05, 4.69) is 21.7 Å². The first-order valence-corrected chi connectivity index (χ1v) is 6.56. The number of aliphatic imine (C=N–C) groups is 1. The first kappa shape index (κ1) is 15.0. The summed E-state index contributed by atoms with van der Waals surface area (Å²) in [5, 5.41) is 4.48. The second kappa shape index (κ2) is 6.85. The van der Waals surface area contributed by atoms with Crippen molar-refractivity contribution in [1.29, 1.82) is 0 Å². The summed E-state index contributed by atoms with van der Waals surface area (Å²) >= 11 is 6.00. The first-order chi connectivity index (χ1) is 10.2. The Morgan fingerprint density at radius 1 is 1.48 bits per heavy atom. The molecular weight excluding hydrogens is 290 g/mol. The van der Waals surface area contributed by atoms with Gasteiger partial charge in [-0.05, 0) is 31.2 Å². The highest BCUT2D eigenvalue weighted by atomic mass is 35.5. The normalized spacial score (nSPS) is 11.9. The molecule has 2 aromatic rings. The monoisotopic (exact) mass is 303 g/mol. The highest BCUT2D eigenvalue weighted by molar-refractivity contribution is 6.30. The summed E-state index contributed by atoms with van der Waals surface area (Å²) in [4.78, 5) is 8.50. The number of rotatable bonds is 5. The molecule has 108 valence electrons. The Balaban J connectivity index is 2.47. The zero-order valence-corrected chi connectivity index (χ0v) is 12.5. The summed E-state index contributed by atoms with van der Waals surface area (Å²) in [5.74, 6) is 1.28. The van der Waals surface area contributed by atoms with Crippen LogP contribution in [0.3, 0.4) is 0 Å². The van der Waals surface area contributed by atoms with Crippen molar-refractivity contribution >= 4 is 23.5 Å². The average Bonchev–Trinajstić information content (AvgIpc) is 2.96. The smallest absolute Gasteiger partial charge is 0.262 e. The summed E-state index contributed by atoms with van der Waals surface area (Å²) in [6.07, 6.45) is 4.95. The van der Waals surface area contributed by atoms with Crippen molar-refractivity contribution in [3.63, 3.8) is 0 Å². The third-order valence-electron chi connectivity index (χ3n) is 2.59. The number of benzene rings is 1. The Morgan fingerprint density at radius 3 is 2.95 bits per heavy atom. The van der Waals surface area contributed by atoms with Crippen LogP contribution in [0.15, 0.2) is 46.4 Å². The predicted molar refractivity (Wildman–Crippen MR) is 83.6 cm³/mol. The number of aromatic nitrogens is 2. The van der Waals surface area contributed by atoms with Crippen LogP contribution in [0.5, 0.6) is 5.75 Å². The van der Waals surface area contributed by atoms with Gasteiger partial charge in [-0.2, -0.15) is 4.98 Å². The van der Waals surface area contributed by atoms with Gasteiger partial charge in [-0.15, -0.1) is 0 Å². The molecule has 0 N–H and O–H groups in total. The van der Waals surface area contributed by atoms with Gasteiger partial charge in [0.25, 0.3) is 5.89 Å². The lowest BCUT2D eigenvalue weighted by atomic mass is 10.2. The van der Waals surface area contributed by atoms with Gasteiger partial charge < -0.3 is 9.26 Å². The van der Waals surface area contributed by atoms with Crippen LogP contribution in [0.1, 0.15) is 12.7 Å². The van der Waals surface area contributed by atoms with E-state index in [1.165, 1.54) is 0 Å². The molecule has 0 saturated heterocycles. The van der Waals surface area contributed by atoms with E-state index in [-0.39, 0.29) is 0 Å². The SMILES string of the molecule is C=C/C=C(\N=CC)c1noc(-c2cc(Cl)ccc2OC)n1. The van der Waals surface area contributed by atoms with Crippen molar-refractivity contribution in [3.05, 3.63) is 47.8 Å². The van der Waals surface area contributed by atoms with E-state index in [4.69, 9.17) is 20.9 Å². The highest BCUT2D eigenvalue weighted by Crippen LogP contribution is 2.32. The third kappa shape index (κ3) is 3.38. The van der Waals surface area contributed by atoms with Crippen LogP contribution >= 0.6 is 11.6 Å². The van der Waals surface area contributed by atoms with Crippen molar-refractivity contribution in [2.45, 2.75) is 6.92 Å². The summed E-state index contributed by atoms with van der Waals surface area (Å²) < 4.78 is 10.5. The van der Waals surface area contributed by atoms with Crippen molar-refractivity contribution < 1.29 is 9.26 Å². The minimum absolute atomic E-state index is 0.311. The van der Waals surface area contributed by atoms with Gasteiger partial charge in [-0.25, -0.2) is 0 Å².